The van der Waals surface area contributed by atoms with Gasteiger partial charge in [-0.05, 0) is 108 Å². The molecule has 0 unspecified atom stereocenters. The van der Waals surface area contributed by atoms with Gasteiger partial charge in [0.05, 0.1) is 33.5 Å². The lowest BCUT2D eigenvalue weighted by Gasteiger charge is -2.31. The first-order valence-corrected chi connectivity index (χ1v) is 17.8. The Morgan fingerprint density at radius 3 is 1.72 bits per heavy atom. The Morgan fingerprint density at radius 2 is 1.19 bits per heavy atom. The molecule has 0 radical (unpaired) electrons. The second kappa shape index (κ2) is 14.0. The predicted octanol–water partition coefficient (Wildman–Crippen LogP) is 4.57. The number of nitrogens with one attached hydrogen (secondary N) is 2. The van der Waals surface area contributed by atoms with E-state index in [0.717, 1.165) is 48.1 Å². The molecular weight excluding hydrogens is 676 g/mol. The third-order valence-corrected chi connectivity index (χ3v) is 9.95. The van der Waals surface area contributed by atoms with Gasteiger partial charge < -0.3 is 20.6 Å². The molecule has 16 heteroatoms. The SMILES string of the molecule is CCn1nc(C)cc1C(=O)Nc1nc2cc(C(N)=O)ccc2n1CC1CCC(n2c(NC(=O)c3cc(C)nn3CC)nc3cc(C(N)=O)ccc32)CC1. The molecule has 0 aliphatic heterocycles. The lowest BCUT2D eigenvalue weighted by Crippen LogP contribution is -2.25. The number of nitrogens with two attached hydrogens (primary N) is 2. The number of fused-ring (bicyclic) bond motifs is 2. The van der Waals surface area contributed by atoms with Crippen LogP contribution in [-0.4, -0.2) is 62.3 Å². The maximum absolute atomic E-state index is 13.6. The number of amides is 4. The van der Waals surface area contributed by atoms with Crippen molar-refractivity contribution < 1.29 is 19.2 Å². The molecule has 53 heavy (non-hydrogen) atoms. The Balaban J connectivity index is 1.16. The molecule has 6 N–H and O–H groups in total. The van der Waals surface area contributed by atoms with Crippen LogP contribution in [0.2, 0.25) is 0 Å². The Kier molecular flexibility index (Phi) is 9.28. The van der Waals surface area contributed by atoms with Crippen molar-refractivity contribution in [3.8, 4) is 0 Å². The second-order valence-electron chi connectivity index (χ2n) is 13.5. The number of imidazole rings is 2. The minimum absolute atomic E-state index is 0.00167. The van der Waals surface area contributed by atoms with E-state index in [1.165, 1.54) is 0 Å². The van der Waals surface area contributed by atoms with Crippen molar-refractivity contribution in [2.75, 3.05) is 10.6 Å². The second-order valence-corrected chi connectivity index (χ2v) is 13.5. The van der Waals surface area contributed by atoms with Gasteiger partial charge in [-0.15, -0.1) is 0 Å². The van der Waals surface area contributed by atoms with E-state index >= 15 is 0 Å². The molecule has 6 aromatic rings. The molecule has 16 nitrogen and oxygen atoms in total. The molecule has 1 saturated carbocycles. The summed E-state index contributed by atoms with van der Waals surface area (Å²) >= 11 is 0. The smallest absolute Gasteiger partial charge is 0.276 e. The van der Waals surface area contributed by atoms with Crippen molar-refractivity contribution in [1.29, 1.82) is 0 Å². The Bertz CT molecular complexity index is 2410. The molecule has 0 saturated heterocycles. The topological polar surface area (TPSA) is 216 Å². The van der Waals surface area contributed by atoms with Gasteiger partial charge in [0, 0.05) is 36.8 Å². The summed E-state index contributed by atoms with van der Waals surface area (Å²) in [5.74, 6) is -0.815. The fraction of sp³-hybridized carbons (Fsp3) is 0.351. The predicted molar refractivity (Wildman–Crippen MR) is 199 cm³/mol. The van der Waals surface area contributed by atoms with Crippen LogP contribution in [0.3, 0.4) is 0 Å². The minimum Gasteiger partial charge on any atom is -0.366 e. The first-order valence-electron chi connectivity index (χ1n) is 17.8. The van der Waals surface area contributed by atoms with E-state index in [0.29, 0.717) is 65.1 Å². The van der Waals surface area contributed by atoms with Crippen molar-refractivity contribution in [2.45, 2.75) is 79.1 Å². The summed E-state index contributed by atoms with van der Waals surface area (Å²) < 4.78 is 7.34. The molecule has 1 aliphatic rings. The average molecular weight is 719 g/mol. The van der Waals surface area contributed by atoms with Gasteiger partial charge in [0.1, 0.15) is 11.4 Å². The van der Waals surface area contributed by atoms with Gasteiger partial charge in [-0.25, -0.2) is 9.97 Å². The van der Waals surface area contributed by atoms with Crippen molar-refractivity contribution in [2.24, 2.45) is 17.4 Å². The van der Waals surface area contributed by atoms with Gasteiger partial charge in [-0.1, -0.05) is 0 Å². The number of rotatable bonds is 11. The van der Waals surface area contributed by atoms with E-state index in [1.807, 2.05) is 44.4 Å². The number of benzene rings is 2. The van der Waals surface area contributed by atoms with Crippen molar-refractivity contribution in [3.05, 3.63) is 82.4 Å². The van der Waals surface area contributed by atoms with E-state index < -0.39 is 11.8 Å². The van der Waals surface area contributed by atoms with Crippen LogP contribution < -0.4 is 22.1 Å². The average Bonchev–Trinajstić information content (AvgIpc) is 3.90. The summed E-state index contributed by atoms with van der Waals surface area (Å²) in [5, 5.41) is 14.8. The van der Waals surface area contributed by atoms with Crippen molar-refractivity contribution in [3.63, 3.8) is 0 Å². The van der Waals surface area contributed by atoms with E-state index in [4.69, 9.17) is 21.4 Å². The van der Waals surface area contributed by atoms with Crippen LogP contribution in [0, 0.1) is 19.8 Å². The number of aromatic nitrogens is 8. The first-order chi connectivity index (χ1) is 25.4. The highest BCUT2D eigenvalue weighted by molar-refractivity contribution is 6.04. The summed E-state index contributed by atoms with van der Waals surface area (Å²) in [5.41, 5.74) is 16.8. The Morgan fingerprint density at radius 1 is 0.698 bits per heavy atom. The summed E-state index contributed by atoms with van der Waals surface area (Å²) in [6.45, 7) is 9.16. The third-order valence-electron chi connectivity index (χ3n) is 9.95. The van der Waals surface area contributed by atoms with Crippen LogP contribution in [-0.2, 0) is 19.6 Å². The summed E-state index contributed by atoms with van der Waals surface area (Å²) in [6, 6.07) is 13.7. The van der Waals surface area contributed by atoms with E-state index in [1.54, 1.807) is 45.8 Å². The normalized spacial score (nSPS) is 15.9. The molecule has 4 aromatic heterocycles. The summed E-state index contributed by atoms with van der Waals surface area (Å²) in [6.07, 6.45) is 3.20. The maximum Gasteiger partial charge on any atom is 0.276 e. The molecule has 2 aromatic carbocycles. The van der Waals surface area contributed by atoms with Crippen LogP contribution >= 0.6 is 0 Å². The molecule has 274 valence electrons. The number of nitrogens with zero attached hydrogens (tertiary/aromatic N) is 8. The molecule has 0 atom stereocenters. The number of hydrogen-bond acceptors (Lipinski definition) is 8. The highest BCUT2D eigenvalue weighted by Gasteiger charge is 2.29. The molecular formula is C37H42N12O4. The van der Waals surface area contributed by atoms with Gasteiger partial charge in [-0.2, -0.15) is 10.2 Å². The summed E-state index contributed by atoms with van der Waals surface area (Å²) in [7, 11) is 0. The highest BCUT2D eigenvalue weighted by Crippen LogP contribution is 2.38. The number of hydrogen-bond donors (Lipinski definition) is 4. The van der Waals surface area contributed by atoms with Crippen molar-refractivity contribution >= 4 is 57.6 Å². The van der Waals surface area contributed by atoms with Gasteiger partial charge in [0.25, 0.3) is 11.8 Å². The lowest BCUT2D eigenvalue weighted by molar-refractivity contribution is 0.0992. The van der Waals surface area contributed by atoms with Gasteiger partial charge >= 0.3 is 0 Å². The standard InChI is InChI=1S/C37H42N12O4/c1-5-47-30(15-20(3)44-47)34(52)42-36-40-26-17-23(32(38)50)9-13-28(26)46(36)19-22-7-11-25(12-8-22)49-29-14-10-24(33(39)51)18-27(29)41-37(49)43-35(53)31-16-21(4)45-48(31)6-2/h9-10,13-18,22,25H,5-8,11-12,19H2,1-4H3,(H2,38,50)(H2,39,51)(H,40,42,52)(H,41,43,53). The number of anilines is 2. The van der Waals surface area contributed by atoms with Crippen LogP contribution in [0.5, 0.6) is 0 Å². The van der Waals surface area contributed by atoms with E-state index in [-0.39, 0.29) is 23.8 Å². The monoisotopic (exact) mass is 718 g/mol. The number of carbonyl (C=O) groups is 4. The van der Waals surface area contributed by atoms with Crippen LogP contribution in [0.25, 0.3) is 22.1 Å². The zero-order valence-corrected chi connectivity index (χ0v) is 30.1. The third kappa shape index (κ3) is 6.74. The molecule has 1 aliphatic carbocycles. The van der Waals surface area contributed by atoms with Crippen LogP contribution in [0.15, 0.2) is 48.5 Å². The quantitative estimate of drug-likeness (QED) is 0.148. The maximum atomic E-state index is 13.6. The minimum atomic E-state index is -0.563. The number of aryl methyl sites for hydroxylation is 4. The summed E-state index contributed by atoms with van der Waals surface area (Å²) in [4.78, 5) is 60.6. The zero-order chi connectivity index (χ0) is 37.6. The molecule has 1 fully saturated rings. The Labute approximate surface area is 304 Å². The fourth-order valence-electron chi connectivity index (χ4n) is 7.39. The van der Waals surface area contributed by atoms with Crippen LogP contribution in [0.1, 0.15) is 98.7 Å². The lowest BCUT2D eigenvalue weighted by atomic mass is 9.85. The van der Waals surface area contributed by atoms with Gasteiger partial charge in [-0.3, -0.25) is 39.2 Å². The van der Waals surface area contributed by atoms with E-state index in [2.05, 4.69) is 25.4 Å². The number of primary amides is 2. The van der Waals surface area contributed by atoms with E-state index in [9.17, 15) is 19.2 Å². The van der Waals surface area contributed by atoms with Gasteiger partial charge in [0.15, 0.2) is 0 Å². The molecule has 0 spiro atoms. The Hall–Kier alpha value is -6.32. The van der Waals surface area contributed by atoms with Gasteiger partial charge in [0.2, 0.25) is 23.7 Å². The fourth-order valence-corrected chi connectivity index (χ4v) is 7.39. The number of carbonyl (C=O) groups excluding carboxylic acids is 4. The molecule has 7 rings (SSSR count). The molecule has 0 bridgehead atoms. The highest BCUT2D eigenvalue weighted by atomic mass is 16.2. The molecule has 4 amide bonds. The van der Waals surface area contributed by atoms with Crippen LogP contribution in [0.4, 0.5) is 11.9 Å². The van der Waals surface area contributed by atoms with Crippen molar-refractivity contribution in [1.82, 2.24) is 38.7 Å². The first kappa shape index (κ1) is 35.1. The largest absolute Gasteiger partial charge is 0.366 e. The molecule has 4 heterocycles. The zero-order valence-electron chi connectivity index (χ0n) is 30.1.